The molecule has 7 nitrogen and oxygen atoms in total. The molecule has 0 saturated heterocycles. The Bertz CT molecular complexity index is 1070. The predicted molar refractivity (Wildman–Crippen MR) is 112 cm³/mol. The van der Waals surface area contributed by atoms with Crippen LogP contribution >= 0.6 is 0 Å². The number of aryl methyl sites for hydroxylation is 1. The molecule has 2 amide bonds. The van der Waals surface area contributed by atoms with Gasteiger partial charge in [0.25, 0.3) is 11.8 Å². The lowest BCUT2D eigenvalue weighted by Crippen LogP contribution is -2.27. The van der Waals surface area contributed by atoms with Gasteiger partial charge in [-0.15, -0.1) is 0 Å². The summed E-state index contributed by atoms with van der Waals surface area (Å²) in [7, 11) is -0.798. The highest BCUT2D eigenvalue weighted by Gasteiger charge is 2.26. The van der Waals surface area contributed by atoms with E-state index in [-0.39, 0.29) is 22.4 Å². The number of anilines is 1. The van der Waals surface area contributed by atoms with E-state index in [4.69, 9.17) is 0 Å². The van der Waals surface area contributed by atoms with Gasteiger partial charge in [0.2, 0.25) is 10.0 Å². The van der Waals surface area contributed by atoms with Crippen LogP contribution in [0.2, 0.25) is 0 Å². The fourth-order valence-electron chi connectivity index (χ4n) is 2.90. The van der Waals surface area contributed by atoms with Crippen LogP contribution in [0.25, 0.3) is 0 Å². The molecule has 8 heteroatoms. The van der Waals surface area contributed by atoms with Crippen LogP contribution in [0.15, 0.2) is 41.3 Å². The number of benzene rings is 2. The normalized spacial score (nSPS) is 14.0. The largest absolute Gasteiger partial charge is 0.349 e. The van der Waals surface area contributed by atoms with E-state index in [0.29, 0.717) is 22.4 Å². The summed E-state index contributed by atoms with van der Waals surface area (Å²) in [5.41, 5.74) is 2.26. The summed E-state index contributed by atoms with van der Waals surface area (Å²) in [5, 5.41) is 5.65. The van der Waals surface area contributed by atoms with E-state index in [9.17, 15) is 18.0 Å². The highest BCUT2D eigenvalue weighted by molar-refractivity contribution is 7.89. The number of hydrogen-bond acceptors (Lipinski definition) is 4. The van der Waals surface area contributed by atoms with Crippen molar-refractivity contribution in [2.45, 2.75) is 37.6 Å². The minimum absolute atomic E-state index is 0.0902. The first-order valence-corrected chi connectivity index (χ1v) is 10.8. The van der Waals surface area contributed by atoms with Gasteiger partial charge >= 0.3 is 0 Å². The summed E-state index contributed by atoms with van der Waals surface area (Å²) in [5.74, 6) is -0.714. The Hall–Kier alpha value is -2.71. The predicted octanol–water partition coefficient (Wildman–Crippen LogP) is 2.70. The van der Waals surface area contributed by atoms with Gasteiger partial charge in [0.15, 0.2) is 0 Å². The number of para-hydroxylation sites is 1. The number of carbonyl (C=O) groups excluding carboxylic acids is 2. The second kappa shape index (κ2) is 7.96. The summed E-state index contributed by atoms with van der Waals surface area (Å²) >= 11 is 0. The average molecular weight is 416 g/mol. The van der Waals surface area contributed by atoms with Gasteiger partial charge in [-0.1, -0.05) is 12.1 Å². The maximum Gasteiger partial charge on any atom is 0.255 e. The molecule has 0 aromatic heterocycles. The third-order valence-electron chi connectivity index (χ3n) is 4.97. The second-order valence-corrected chi connectivity index (χ2v) is 9.57. The van der Waals surface area contributed by atoms with Crippen LogP contribution in [0.3, 0.4) is 0 Å². The lowest BCUT2D eigenvalue weighted by atomic mass is 10.1. The van der Waals surface area contributed by atoms with Gasteiger partial charge in [-0.05, 0) is 62.1 Å². The molecule has 2 N–H and O–H groups in total. The van der Waals surface area contributed by atoms with Crippen molar-refractivity contribution in [1.29, 1.82) is 0 Å². The third-order valence-corrected chi connectivity index (χ3v) is 6.91. The highest BCUT2D eigenvalue weighted by Crippen LogP contribution is 2.25. The van der Waals surface area contributed by atoms with E-state index < -0.39 is 15.9 Å². The molecule has 154 valence electrons. The van der Waals surface area contributed by atoms with Crippen molar-refractivity contribution in [2.24, 2.45) is 0 Å². The molecular formula is C21H25N3O4S. The second-order valence-electron chi connectivity index (χ2n) is 7.45. The number of carbonyl (C=O) groups is 2. The number of nitrogens with one attached hydrogen (secondary N) is 2. The summed E-state index contributed by atoms with van der Waals surface area (Å²) in [4.78, 5) is 25.4. The number of sulfonamides is 1. The molecule has 0 heterocycles. The summed E-state index contributed by atoms with van der Waals surface area (Å²) in [6.07, 6.45) is 1.93. The molecule has 0 spiro atoms. The molecule has 0 radical (unpaired) electrons. The number of nitrogens with zero attached hydrogens (tertiary/aromatic N) is 1. The van der Waals surface area contributed by atoms with E-state index in [2.05, 4.69) is 10.6 Å². The van der Waals surface area contributed by atoms with Gasteiger partial charge < -0.3 is 10.6 Å². The van der Waals surface area contributed by atoms with Crippen LogP contribution in [0.1, 0.15) is 44.7 Å². The fraction of sp³-hybridized carbons (Fsp3) is 0.333. The van der Waals surface area contributed by atoms with E-state index in [1.807, 2.05) is 0 Å². The number of amides is 2. The zero-order chi connectivity index (χ0) is 21.3. The Balaban J connectivity index is 1.93. The van der Waals surface area contributed by atoms with Gasteiger partial charge in [-0.2, -0.15) is 0 Å². The minimum Gasteiger partial charge on any atom is -0.349 e. The molecule has 2 aromatic rings. The molecular weight excluding hydrogens is 390 g/mol. The van der Waals surface area contributed by atoms with E-state index in [1.54, 1.807) is 44.2 Å². The Morgan fingerprint density at radius 1 is 1.03 bits per heavy atom. The molecule has 2 aromatic carbocycles. The molecule has 29 heavy (non-hydrogen) atoms. The standard InChI is InChI=1S/C21H25N3O4S/c1-13-11-15(12-19(14(13)2)29(27,28)24(3)4)20(25)23-18-8-6-5-7-17(18)21(26)22-16-9-10-16/h5-8,11-12,16H,9-10H2,1-4H3,(H,22,26)(H,23,25). The molecule has 1 aliphatic rings. The Morgan fingerprint density at radius 3 is 2.31 bits per heavy atom. The van der Waals surface area contributed by atoms with Gasteiger partial charge in [0.05, 0.1) is 16.1 Å². The number of rotatable bonds is 6. The number of hydrogen-bond donors (Lipinski definition) is 2. The lowest BCUT2D eigenvalue weighted by Gasteiger charge is -2.17. The summed E-state index contributed by atoms with van der Waals surface area (Å²) < 4.78 is 26.4. The van der Waals surface area contributed by atoms with Crippen LogP contribution in [-0.4, -0.2) is 44.7 Å². The molecule has 1 aliphatic carbocycles. The molecule has 1 fully saturated rings. The van der Waals surface area contributed by atoms with Gasteiger partial charge in [-0.25, -0.2) is 12.7 Å². The SMILES string of the molecule is Cc1cc(C(=O)Nc2ccccc2C(=O)NC2CC2)cc(S(=O)(=O)N(C)C)c1C. The smallest absolute Gasteiger partial charge is 0.255 e. The first kappa shape index (κ1) is 21.0. The van der Waals surface area contributed by atoms with Gasteiger partial charge in [0, 0.05) is 25.7 Å². The fourth-order valence-corrected chi connectivity index (χ4v) is 4.12. The van der Waals surface area contributed by atoms with Crippen molar-refractivity contribution >= 4 is 27.5 Å². The first-order valence-electron chi connectivity index (χ1n) is 9.36. The molecule has 0 bridgehead atoms. The van der Waals surface area contributed by atoms with Crippen LogP contribution in [-0.2, 0) is 10.0 Å². The maximum atomic E-state index is 12.9. The summed E-state index contributed by atoms with van der Waals surface area (Å²) in [6, 6.07) is 9.98. The molecule has 3 rings (SSSR count). The van der Waals surface area contributed by atoms with Crippen LogP contribution in [0, 0.1) is 13.8 Å². The zero-order valence-corrected chi connectivity index (χ0v) is 17.8. The van der Waals surface area contributed by atoms with E-state index in [0.717, 1.165) is 17.1 Å². The van der Waals surface area contributed by atoms with Crippen LogP contribution < -0.4 is 10.6 Å². The average Bonchev–Trinajstić information content (AvgIpc) is 3.47. The minimum atomic E-state index is -3.70. The van der Waals surface area contributed by atoms with Gasteiger partial charge in [0.1, 0.15) is 0 Å². The maximum absolute atomic E-state index is 12.9. The van der Waals surface area contributed by atoms with Gasteiger partial charge in [-0.3, -0.25) is 9.59 Å². The van der Waals surface area contributed by atoms with Crippen molar-refractivity contribution in [3.63, 3.8) is 0 Å². The Morgan fingerprint density at radius 2 is 1.69 bits per heavy atom. The summed E-state index contributed by atoms with van der Waals surface area (Å²) in [6.45, 7) is 3.47. The zero-order valence-electron chi connectivity index (χ0n) is 16.9. The molecule has 0 unspecified atom stereocenters. The Labute approximate surface area is 171 Å². The molecule has 0 atom stereocenters. The van der Waals surface area contributed by atoms with Crippen molar-refractivity contribution in [2.75, 3.05) is 19.4 Å². The van der Waals surface area contributed by atoms with Crippen molar-refractivity contribution in [3.8, 4) is 0 Å². The van der Waals surface area contributed by atoms with Crippen molar-refractivity contribution in [3.05, 3.63) is 58.7 Å². The highest BCUT2D eigenvalue weighted by atomic mass is 32.2. The van der Waals surface area contributed by atoms with Crippen LogP contribution in [0.4, 0.5) is 5.69 Å². The lowest BCUT2D eigenvalue weighted by molar-refractivity contribution is 0.0952. The monoisotopic (exact) mass is 415 g/mol. The van der Waals surface area contributed by atoms with Crippen LogP contribution in [0.5, 0.6) is 0 Å². The van der Waals surface area contributed by atoms with E-state index in [1.165, 1.54) is 20.2 Å². The van der Waals surface area contributed by atoms with E-state index >= 15 is 0 Å². The van der Waals surface area contributed by atoms with Crippen molar-refractivity contribution < 1.29 is 18.0 Å². The Kier molecular flexibility index (Phi) is 5.77. The quantitative estimate of drug-likeness (QED) is 0.758. The first-order chi connectivity index (χ1) is 13.6. The van der Waals surface area contributed by atoms with Crippen molar-refractivity contribution in [1.82, 2.24) is 9.62 Å². The third kappa shape index (κ3) is 4.49. The molecule has 0 aliphatic heterocycles. The topological polar surface area (TPSA) is 95.6 Å². The molecule has 1 saturated carbocycles.